The highest BCUT2D eigenvalue weighted by Crippen LogP contribution is 2.37. The van der Waals surface area contributed by atoms with Gasteiger partial charge in [0.2, 0.25) is 0 Å². The van der Waals surface area contributed by atoms with Crippen molar-refractivity contribution in [3.63, 3.8) is 0 Å². The fraction of sp³-hybridized carbons (Fsp3) is 0.154. The third kappa shape index (κ3) is 4.97. The van der Waals surface area contributed by atoms with Crippen molar-refractivity contribution in [1.29, 1.82) is 0 Å². The van der Waals surface area contributed by atoms with E-state index in [1.165, 1.54) is 26.4 Å². The van der Waals surface area contributed by atoms with Gasteiger partial charge in [-0.1, -0.05) is 0 Å². The van der Waals surface area contributed by atoms with Crippen LogP contribution >= 0.6 is 0 Å². The van der Waals surface area contributed by atoms with Gasteiger partial charge in [-0.05, 0) is 43.3 Å². The first-order chi connectivity index (χ1) is 17.3. The molecule has 0 atom stereocenters. The van der Waals surface area contributed by atoms with E-state index >= 15 is 0 Å². The van der Waals surface area contributed by atoms with Crippen molar-refractivity contribution >= 4 is 28.3 Å². The molecule has 186 valence electrons. The number of carbonyl (C=O) groups excluding carboxylic acids is 1. The zero-order valence-corrected chi connectivity index (χ0v) is 19.6. The largest absolute Gasteiger partial charge is 0.493 e. The number of halogens is 3. The quantitative estimate of drug-likeness (QED) is 0.315. The number of hydrogen-bond donors (Lipinski definition) is 1. The topological polar surface area (TPSA) is 72.9 Å². The molecule has 0 unspecified atom stereocenters. The van der Waals surface area contributed by atoms with E-state index in [0.29, 0.717) is 34.2 Å². The van der Waals surface area contributed by atoms with Crippen LogP contribution in [0.15, 0.2) is 60.8 Å². The Kier molecular flexibility index (Phi) is 7.14. The minimum atomic E-state index is -0.907. The third-order valence-corrected chi connectivity index (χ3v) is 5.38. The highest BCUT2D eigenvalue weighted by atomic mass is 19.1. The molecule has 0 bridgehead atoms. The molecule has 0 radical (unpaired) electrons. The third-order valence-electron chi connectivity index (χ3n) is 5.38. The van der Waals surface area contributed by atoms with Crippen LogP contribution in [0.1, 0.15) is 6.92 Å². The maximum absolute atomic E-state index is 14.9. The number of ether oxygens (including phenoxy) is 3. The summed E-state index contributed by atoms with van der Waals surface area (Å²) in [4.78, 5) is 18.0. The van der Waals surface area contributed by atoms with Gasteiger partial charge in [0, 0.05) is 36.3 Å². The second-order valence-electron chi connectivity index (χ2n) is 7.55. The van der Waals surface area contributed by atoms with E-state index in [4.69, 9.17) is 14.2 Å². The van der Waals surface area contributed by atoms with E-state index < -0.39 is 23.5 Å². The van der Waals surface area contributed by atoms with Gasteiger partial charge in [0.1, 0.15) is 29.0 Å². The maximum atomic E-state index is 14.9. The molecular formula is C26H22F3N3O4. The van der Waals surface area contributed by atoms with Crippen LogP contribution in [0.2, 0.25) is 0 Å². The summed E-state index contributed by atoms with van der Waals surface area (Å²) >= 11 is 0. The van der Waals surface area contributed by atoms with Crippen LogP contribution in [-0.2, 0) is 0 Å². The lowest BCUT2D eigenvalue weighted by atomic mass is 10.2. The molecule has 1 aromatic heterocycles. The van der Waals surface area contributed by atoms with Crippen molar-refractivity contribution in [2.75, 3.05) is 31.0 Å². The summed E-state index contributed by atoms with van der Waals surface area (Å²) in [5, 5.41) is 3.02. The Morgan fingerprint density at radius 2 is 1.67 bits per heavy atom. The molecule has 2 amide bonds. The maximum Gasteiger partial charge on any atom is 0.326 e. The SMILES string of the molecule is CCN(C(=O)Nc1ccc(Oc2ccnc3cc(OC)c(OC)cc23)cc1F)c1ccc(F)cc1F. The molecule has 0 aliphatic heterocycles. The van der Waals surface area contributed by atoms with Gasteiger partial charge in [-0.25, -0.2) is 18.0 Å². The van der Waals surface area contributed by atoms with Gasteiger partial charge in [0.15, 0.2) is 11.5 Å². The lowest BCUT2D eigenvalue weighted by molar-refractivity contribution is 0.257. The van der Waals surface area contributed by atoms with Gasteiger partial charge in [-0.15, -0.1) is 0 Å². The fourth-order valence-corrected chi connectivity index (χ4v) is 3.63. The molecule has 1 heterocycles. The second-order valence-corrected chi connectivity index (χ2v) is 7.55. The van der Waals surface area contributed by atoms with E-state index in [9.17, 15) is 18.0 Å². The molecule has 1 N–H and O–H groups in total. The number of benzene rings is 3. The number of methoxy groups -OCH3 is 2. The van der Waals surface area contributed by atoms with Crippen molar-refractivity contribution < 1.29 is 32.2 Å². The van der Waals surface area contributed by atoms with Gasteiger partial charge in [-0.3, -0.25) is 9.88 Å². The average Bonchev–Trinajstić information content (AvgIpc) is 2.86. The Balaban J connectivity index is 1.56. The number of amides is 2. The van der Waals surface area contributed by atoms with E-state index in [0.717, 1.165) is 23.1 Å². The summed E-state index contributed by atoms with van der Waals surface area (Å²) in [6.07, 6.45) is 1.54. The predicted molar refractivity (Wildman–Crippen MR) is 130 cm³/mol. The van der Waals surface area contributed by atoms with Gasteiger partial charge >= 0.3 is 6.03 Å². The monoisotopic (exact) mass is 497 g/mol. The van der Waals surface area contributed by atoms with Crippen LogP contribution in [0.3, 0.4) is 0 Å². The molecule has 0 saturated heterocycles. The lowest BCUT2D eigenvalue weighted by Crippen LogP contribution is -2.35. The van der Waals surface area contributed by atoms with Crippen molar-refractivity contribution in [2.45, 2.75) is 6.92 Å². The van der Waals surface area contributed by atoms with Crippen molar-refractivity contribution in [2.24, 2.45) is 0 Å². The summed E-state index contributed by atoms with van der Waals surface area (Å²) in [6, 6.07) is 11.0. The van der Waals surface area contributed by atoms with Crippen molar-refractivity contribution in [1.82, 2.24) is 4.98 Å². The van der Waals surface area contributed by atoms with Crippen molar-refractivity contribution in [3.8, 4) is 23.0 Å². The molecule has 7 nitrogen and oxygen atoms in total. The van der Waals surface area contributed by atoms with Crippen LogP contribution in [0, 0.1) is 17.5 Å². The van der Waals surface area contributed by atoms with E-state index in [-0.39, 0.29) is 23.7 Å². The van der Waals surface area contributed by atoms with Gasteiger partial charge in [0.25, 0.3) is 0 Å². The molecule has 0 aliphatic rings. The van der Waals surface area contributed by atoms with Gasteiger partial charge in [-0.2, -0.15) is 0 Å². The molecule has 0 spiro atoms. The van der Waals surface area contributed by atoms with Gasteiger partial charge in [0.05, 0.1) is 31.1 Å². The zero-order chi connectivity index (χ0) is 25.8. The minimum Gasteiger partial charge on any atom is -0.493 e. The molecule has 0 saturated carbocycles. The Bertz CT molecular complexity index is 1430. The number of aromatic nitrogens is 1. The molecule has 4 rings (SSSR count). The molecule has 10 heteroatoms. The van der Waals surface area contributed by atoms with Crippen LogP contribution in [0.5, 0.6) is 23.0 Å². The van der Waals surface area contributed by atoms with E-state index in [1.54, 1.807) is 31.3 Å². The number of fused-ring (bicyclic) bond motifs is 1. The number of rotatable bonds is 7. The Morgan fingerprint density at radius 1 is 0.917 bits per heavy atom. The average molecular weight is 497 g/mol. The van der Waals surface area contributed by atoms with Crippen LogP contribution in [0.4, 0.5) is 29.3 Å². The number of pyridine rings is 1. The zero-order valence-electron chi connectivity index (χ0n) is 19.6. The number of nitrogens with zero attached hydrogens (tertiary/aromatic N) is 2. The predicted octanol–water partition coefficient (Wildman–Crippen LogP) is 6.52. The molecule has 0 aliphatic carbocycles. The fourth-order valence-electron chi connectivity index (χ4n) is 3.63. The second kappa shape index (κ2) is 10.4. The Morgan fingerprint density at radius 3 is 2.33 bits per heavy atom. The van der Waals surface area contributed by atoms with Crippen LogP contribution in [-0.4, -0.2) is 31.8 Å². The number of nitrogens with one attached hydrogen (secondary N) is 1. The molecule has 3 aromatic carbocycles. The lowest BCUT2D eigenvalue weighted by Gasteiger charge is -2.22. The number of urea groups is 1. The minimum absolute atomic E-state index is 0.0700. The summed E-state index contributed by atoms with van der Waals surface area (Å²) in [5.74, 6) is -0.892. The molecular weight excluding hydrogens is 475 g/mol. The first-order valence-electron chi connectivity index (χ1n) is 10.9. The van der Waals surface area contributed by atoms with E-state index in [1.807, 2.05) is 0 Å². The highest BCUT2D eigenvalue weighted by molar-refractivity contribution is 6.01. The normalized spacial score (nSPS) is 10.7. The van der Waals surface area contributed by atoms with Crippen LogP contribution in [0.25, 0.3) is 10.9 Å². The Hall–Kier alpha value is -4.47. The summed E-state index contributed by atoms with van der Waals surface area (Å²) in [5.41, 5.74) is 0.315. The highest BCUT2D eigenvalue weighted by Gasteiger charge is 2.20. The smallest absolute Gasteiger partial charge is 0.326 e. The van der Waals surface area contributed by atoms with E-state index in [2.05, 4.69) is 10.3 Å². The Labute approximate surface area is 205 Å². The van der Waals surface area contributed by atoms with Gasteiger partial charge < -0.3 is 19.5 Å². The van der Waals surface area contributed by atoms with Crippen molar-refractivity contribution in [3.05, 3.63) is 78.2 Å². The standard InChI is InChI=1S/C26H22F3N3O4/c1-4-32(22-8-5-15(27)11-19(22)29)26(33)31-20-7-6-16(12-18(20)28)36-23-9-10-30-21-14-25(35-3)24(34-2)13-17(21)23/h5-14H,4H2,1-3H3,(H,31,33). The first kappa shape index (κ1) is 24.6. The molecule has 4 aromatic rings. The summed E-state index contributed by atoms with van der Waals surface area (Å²) in [7, 11) is 3.02. The number of anilines is 2. The van der Waals surface area contributed by atoms with Crippen LogP contribution < -0.4 is 24.4 Å². The number of carbonyl (C=O) groups is 1. The summed E-state index contributed by atoms with van der Waals surface area (Å²) < 4.78 is 58.8. The first-order valence-corrected chi connectivity index (χ1v) is 10.9. The summed E-state index contributed by atoms with van der Waals surface area (Å²) in [6.45, 7) is 1.68. The number of hydrogen-bond acceptors (Lipinski definition) is 5. The molecule has 0 fully saturated rings. The molecule has 36 heavy (non-hydrogen) atoms.